The third-order valence-corrected chi connectivity index (χ3v) is 3.79. The van der Waals surface area contributed by atoms with Crippen LogP contribution in [0.25, 0.3) is 11.3 Å². The van der Waals surface area contributed by atoms with Crippen molar-refractivity contribution in [2.75, 3.05) is 32.4 Å². The molecule has 0 unspecified atom stereocenters. The molecule has 26 heavy (non-hydrogen) atoms. The maximum absolute atomic E-state index is 5.90. The van der Waals surface area contributed by atoms with Crippen LogP contribution in [0.5, 0.6) is 17.2 Å². The summed E-state index contributed by atoms with van der Waals surface area (Å²) in [5, 5.41) is 3.16. The Labute approximate surface area is 151 Å². The molecular weight excluding hydrogens is 332 g/mol. The second-order valence-electron chi connectivity index (χ2n) is 5.42. The molecule has 7 nitrogen and oxygen atoms in total. The smallest absolute Gasteiger partial charge is 0.227 e. The number of hydrogen-bond donors (Lipinski definition) is 2. The number of methoxy groups -OCH3 is 3. The highest BCUT2D eigenvalue weighted by Crippen LogP contribution is 2.32. The number of nitrogens with two attached hydrogens (primary N) is 1. The lowest BCUT2D eigenvalue weighted by atomic mass is 10.1. The second-order valence-corrected chi connectivity index (χ2v) is 5.42. The lowest BCUT2D eigenvalue weighted by Crippen LogP contribution is -2.00. The third kappa shape index (κ3) is 3.61. The van der Waals surface area contributed by atoms with Gasteiger partial charge in [-0.1, -0.05) is 0 Å². The Morgan fingerprint density at radius 3 is 2.31 bits per heavy atom. The summed E-state index contributed by atoms with van der Waals surface area (Å²) >= 11 is 0. The van der Waals surface area contributed by atoms with E-state index >= 15 is 0 Å². The van der Waals surface area contributed by atoms with E-state index in [1.165, 1.54) is 0 Å². The van der Waals surface area contributed by atoms with Gasteiger partial charge in [-0.05, 0) is 36.4 Å². The molecule has 0 bridgehead atoms. The molecule has 0 radical (unpaired) electrons. The summed E-state index contributed by atoms with van der Waals surface area (Å²) in [6.07, 6.45) is 1.67. The molecule has 0 spiro atoms. The Morgan fingerprint density at radius 2 is 1.58 bits per heavy atom. The number of hydrogen-bond acceptors (Lipinski definition) is 7. The van der Waals surface area contributed by atoms with Gasteiger partial charge in [0.25, 0.3) is 0 Å². The molecule has 3 aromatic rings. The number of nitrogens with one attached hydrogen (secondary N) is 1. The minimum Gasteiger partial charge on any atom is -0.496 e. The van der Waals surface area contributed by atoms with Gasteiger partial charge in [-0.25, -0.2) is 9.97 Å². The molecule has 0 saturated heterocycles. The van der Waals surface area contributed by atoms with Gasteiger partial charge in [0.05, 0.1) is 27.0 Å². The van der Waals surface area contributed by atoms with Gasteiger partial charge >= 0.3 is 0 Å². The molecule has 1 aromatic heterocycles. The lowest BCUT2D eigenvalue weighted by Gasteiger charge is -2.12. The number of nitrogens with zero attached hydrogens (tertiary/aromatic N) is 2. The van der Waals surface area contributed by atoms with Gasteiger partial charge in [0, 0.05) is 29.2 Å². The predicted molar refractivity (Wildman–Crippen MR) is 101 cm³/mol. The molecule has 2 aromatic carbocycles. The number of anilines is 3. The first-order valence-corrected chi connectivity index (χ1v) is 7.90. The summed E-state index contributed by atoms with van der Waals surface area (Å²) in [6, 6.07) is 12.7. The fourth-order valence-corrected chi connectivity index (χ4v) is 2.54. The largest absolute Gasteiger partial charge is 0.496 e. The number of benzene rings is 2. The number of rotatable bonds is 6. The quantitative estimate of drug-likeness (QED) is 0.656. The summed E-state index contributed by atoms with van der Waals surface area (Å²) in [5.41, 5.74) is 8.81. The van der Waals surface area contributed by atoms with Crippen LogP contribution in [0.3, 0.4) is 0 Å². The first-order chi connectivity index (χ1) is 12.6. The van der Waals surface area contributed by atoms with Crippen LogP contribution < -0.4 is 25.3 Å². The van der Waals surface area contributed by atoms with Gasteiger partial charge in [0.1, 0.15) is 5.75 Å². The van der Waals surface area contributed by atoms with Gasteiger partial charge in [0.15, 0.2) is 11.5 Å². The molecule has 0 saturated carbocycles. The Hall–Kier alpha value is -3.48. The normalized spacial score (nSPS) is 10.3. The fourth-order valence-electron chi connectivity index (χ4n) is 2.54. The highest BCUT2D eigenvalue weighted by molar-refractivity contribution is 5.72. The van der Waals surface area contributed by atoms with Crippen LogP contribution in [0, 0.1) is 0 Å². The predicted octanol–water partition coefficient (Wildman–Crippen LogP) is 3.50. The molecule has 0 aliphatic carbocycles. The summed E-state index contributed by atoms with van der Waals surface area (Å²) in [5.74, 6) is 2.40. The number of aromatic nitrogens is 2. The van der Waals surface area contributed by atoms with Gasteiger partial charge < -0.3 is 25.3 Å². The zero-order chi connectivity index (χ0) is 18.5. The van der Waals surface area contributed by atoms with E-state index in [0.29, 0.717) is 34.6 Å². The highest BCUT2D eigenvalue weighted by atomic mass is 16.5. The standard InChI is InChI=1S/C19H20N4O3/c1-24-16-6-4-12(20)10-14(16)15-8-9-21-19(23-15)22-13-5-7-17(25-2)18(11-13)26-3/h4-11H,20H2,1-3H3,(H,21,22,23). The maximum Gasteiger partial charge on any atom is 0.227 e. The number of nitrogen functional groups attached to an aromatic ring is 1. The molecular formula is C19H20N4O3. The molecule has 0 atom stereocenters. The van der Waals surface area contributed by atoms with Crippen molar-refractivity contribution in [2.24, 2.45) is 0 Å². The zero-order valence-electron chi connectivity index (χ0n) is 14.8. The molecule has 0 aliphatic rings. The Bertz CT molecular complexity index is 915. The first kappa shape index (κ1) is 17.3. The van der Waals surface area contributed by atoms with E-state index in [-0.39, 0.29) is 0 Å². The van der Waals surface area contributed by atoms with E-state index < -0.39 is 0 Å². The van der Waals surface area contributed by atoms with Crippen LogP contribution in [0.15, 0.2) is 48.7 Å². The van der Waals surface area contributed by atoms with Gasteiger partial charge in [-0.3, -0.25) is 0 Å². The fraction of sp³-hybridized carbons (Fsp3) is 0.158. The lowest BCUT2D eigenvalue weighted by molar-refractivity contribution is 0.355. The van der Waals surface area contributed by atoms with Crippen LogP contribution in [-0.2, 0) is 0 Å². The van der Waals surface area contributed by atoms with Gasteiger partial charge in [0.2, 0.25) is 5.95 Å². The van der Waals surface area contributed by atoms with Crippen molar-refractivity contribution in [1.82, 2.24) is 9.97 Å². The molecule has 3 rings (SSSR count). The summed E-state index contributed by atoms with van der Waals surface area (Å²) in [6.45, 7) is 0. The topological polar surface area (TPSA) is 91.5 Å². The van der Waals surface area contributed by atoms with Crippen molar-refractivity contribution in [3.8, 4) is 28.5 Å². The van der Waals surface area contributed by atoms with Crippen molar-refractivity contribution in [3.63, 3.8) is 0 Å². The Balaban J connectivity index is 1.92. The van der Waals surface area contributed by atoms with E-state index in [1.807, 2.05) is 30.3 Å². The summed E-state index contributed by atoms with van der Waals surface area (Å²) < 4.78 is 16.0. The minimum atomic E-state index is 0.444. The first-order valence-electron chi connectivity index (χ1n) is 7.90. The SMILES string of the molecule is COc1ccc(Nc2nccc(-c3cc(N)ccc3OC)n2)cc1OC. The summed E-state index contributed by atoms with van der Waals surface area (Å²) in [4.78, 5) is 8.83. The molecule has 134 valence electrons. The zero-order valence-corrected chi connectivity index (χ0v) is 14.8. The van der Waals surface area contributed by atoms with Crippen molar-refractivity contribution in [2.45, 2.75) is 0 Å². The highest BCUT2D eigenvalue weighted by Gasteiger charge is 2.10. The van der Waals surface area contributed by atoms with Crippen molar-refractivity contribution in [3.05, 3.63) is 48.7 Å². The van der Waals surface area contributed by atoms with Crippen LogP contribution in [0.2, 0.25) is 0 Å². The minimum absolute atomic E-state index is 0.444. The van der Waals surface area contributed by atoms with Crippen LogP contribution in [0.4, 0.5) is 17.3 Å². The monoisotopic (exact) mass is 352 g/mol. The summed E-state index contributed by atoms with van der Waals surface area (Å²) in [7, 11) is 4.79. The van der Waals surface area contributed by atoms with Crippen LogP contribution in [0.1, 0.15) is 0 Å². The average molecular weight is 352 g/mol. The van der Waals surface area contributed by atoms with E-state index in [0.717, 1.165) is 11.3 Å². The Kier molecular flexibility index (Phi) is 5.07. The molecule has 0 fully saturated rings. The Morgan fingerprint density at radius 1 is 0.846 bits per heavy atom. The van der Waals surface area contributed by atoms with Crippen molar-refractivity contribution >= 4 is 17.3 Å². The van der Waals surface area contributed by atoms with E-state index in [9.17, 15) is 0 Å². The molecule has 1 heterocycles. The van der Waals surface area contributed by atoms with Crippen molar-refractivity contribution < 1.29 is 14.2 Å². The van der Waals surface area contributed by atoms with E-state index in [2.05, 4.69) is 15.3 Å². The van der Waals surface area contributed by atoms with Crippen LogP contribution >= 0.6 is 0 Å². The third-order valence-electron chi connectivity index (χ3n) is 3.79. The average Bonchev–Trinajstić information content (AvgIpc) is 2.68. The van der Waals surface area contributed by atoms with Crippen molar-refractivity contribution in [1.29, 1.82) is 0 Å². The van der Waals surface area contributed by atoms with E-state index in [4.69, 9.17) is 19.9 Å². The molecule has 0 amide bonds. The second kappa shape index (κ2) is 7.60. The maximum atomic E-state index is 5.90. The number of ether oxygens (including phenoxy) is 3. The molecule has 7 heteroatoms. The molecule has 3 N–H and O–H groups in total. The van der Waals surface area contributed by atoms with Gasteiger partial charge in [-0.2, -0.15) is 0 Å². The van der Waals surface area contributed by atoms with E-state index in [1.54, 1.807) is 39.7 Å². The van der Waals surface area contributed by atoms with Crippen LogP contribution in [-0.4, -0.2) is 31.3 Å². The van der Waals surface area contributed by atoms with Gasteiger partial charge in [-0.15, -0.1) is 0 Å². The molecule has 0 aliphatic heterocycles.